The highest BCUT2D eigenvalue weighted by atomic mass is 16.5. The molecule has 1 N–H and O–H groups in total. The maximum Gasteiger partial charge on any atom is 0.226 e. The molecule has 0 amide bonds. The summed E-state index contributed by atoms with van der Waals surface area (Å²) in [5.41, 5.74) is 3.42. The quantitative estimate of drug-likeness (QED) is 0.714. The SMILES string of the molecule is COc1cc(OC)cc(-c2nc3n(n2)[C@H](c2ccncc2)C2=C(CCCC2=O)N3)c1. The summed E-state index contributed by atoms with van der Waals surface area (Å²) >= 11 is 0. The molecule has 0 unspecified atom stereocenters. The molecular formula is C22H21N5O3. The topological polar surface area (TPSA) is 91.2 Å². The molecule has 0 saturated heterocycles. The minimum atomic E-state index is -0.333. The number of anilines is 1. The van der Waals surface area contributed by atoms with Gasteiger partial charge in [0.15, 0.2) is 11.6 Å². The number of benzene rings is 1. The van der Waals surface area contributed by atoms with E-state index >= 15 is 0 Å². The molecular weight excluding hydrogens is 382 g/mol. The van der Waals surface area contributed by atoms with Crippen LogP contribution in [0.2, 0.25) is 0 Å². The van der Waals surface area contributed by atoms with Gasteiger partial charge in [0.1, 0.15) is 17.5 Å². The van der Waals surface area contributed by atoms with Gasteiger partial charge in [0.05, 0.1) is 14.2 Å². The number of allylic oxidation sites excluding steroid dienone is 2. The molecule has 1 aliphatic heterocycles. The molecule has 2 aromatic heterocycles. The first-order valence-electron chi connectivity index (χ1n) is 9.81. The maximum absolute atomic E-state index is 12.9. The van der Waals surface area contributed by atoms with E-state index in [-0.39, 0.29) is 11.8 Å². The van der Waals surface area contributed by atoms with Crippen LogP contribution >= 0.6 is 0 Å². The monoisotopic (exact) mass is 403 g/mol. The smallest absolute Gasteiger partial charge is 0.226 e. The van der Waals surface area contributed by atoms with Crippen molar-refractivity contribution in [2.24, 2.45) is 0 Å². The molecule has 30 heavy (non-hydrogen) atoms. The second-order valence-electron chi connectivity index (χ2n) is 7.28. The van der Waals surface area contributed by atoms with Gasteiger partial charge >= 0.3 is 0 Å². The lowest BCUT2D eigenvalue weighted by Gasteiger charge is -2.32. The molecule has 3 aromatic rings. The first kappa shape index (κ1) is 18.4. The van der Waals surface area contributed by atoms with E-state index in [4.69, 9.17) is 19.6 Å². The number of fused-ring (bicyclic) bond motifs is 1. The van der Waals surface area contributed by atoms with Crippen molar-refractivity contribution in [3.05, 3.63) is 59.6 Å². The van der Waals surface area contributed by atoms with Crippen LogP contribution in [0.4, 0.5) is 5.95 Å². The van der Waals surface area contributed by atoms with Crippen molar-refractivity contribution in [1.82, 2.24) is 19.7 Å². The highest BCUT2D eigenvalue weighted by Gasteiger charge is 2.36. The highest BCUT2D eigenvalue weighted by molar-refractivity contribution is 5.99. The van der Waals surface area contributed by atoms with Gasteiger partial charge in [-0.15, -0.1) is 5.10 Å². The number of carbonyl (C=O) groups is 1. The predicted molar refractivity (Wildman–Crippen MR) is 110 cm³/mol. The Bertz CT molecular complexity index is 1130. The number of hydrogen-bond acceptors (Lipinski definition) is 7. The van der Waals surface area contributed by atoms with Crippen molar-refractivity contribution in [3.8, 4) is 22.9 Å². The number of methoxy groups -OCH3 is 2. The van der Waals surface area contributed by atoms with Gasteiger partial charge in [0, 0.05) is 41.7 Å². The molecule has 0 fully saturated rings. The van der Waals surface area contributed by atoms with E-state index in [0.29, 0.717) is 29.7 Å². The lowest BCUT2D eigenvalue weighted by atomic mass is 9.86. The minimum Gasteiger partial charge on any atom is -0.497 e. The summed E-state index contributed by atoms with van der Waals surface area (Å²) in [5.74, 6) is 2.60. The van der Waals surface area contributed by atoms with Gasteiger partial charge in [0.2, 0.25) is 5.95 Å². The van der Waals surface area contributed by atoms with Crippen molar-refractivity contribution in [3.63, 3.8) is 0 Å². The van der Waals surface area contributed by atoms with E-state index in [9.17, 15) is 4.79 Å². The van der Waals surface area contributed by atoms with Crippen molar-refractivity contribution < 1.29 is 14.3 Å². The van der Waals surface area contributed by atoms with Gasteiger partial charge in [-0.1, -0.05) is 0 Å². The third kappa shape index (κ3) is 3.01. The molecule has 2 aliphatic rings. The molecule has 0 saturated carbocycles. The number of aromatic nitrogens is 4. The third-order valence-electron chi connectivity index (χ3n) is 5.50. The summed E-state index contributed by atoms with van der Waals surface area (Å²) < 4.78 is 12.6. The molecule has 0 spiro atoms. The fourth-order valence-electron chi connectivity index (χ4n) is 4.07. The molecule has 1 atom stereocenters. The number of nitrogens with one attached hydrogen (secondary N) is 1. The molecule has 8 nitrogen and oxygen atoms in total. The number of rotatable bonds is 4. The van der Waals surface area contributed by atoms with Crippen LogP contribution in [-0.2, 0) is 4.79 Å². The van der Waals surface area contributed by atoms with E-state index in [1.54, 1.807) is 37.4 Å². The van der Waals surface area contributed by atoms with E-state index < -0.39 is 0 Å². The second-order valence-corrected chi connectivity index (χ2v) is 7.28. The number of pyridine rings is 1. The van der Waals surface area contributed by atoms with Crippen LogP contribution in [0.15, 0.2) is 54.0 Å². The van der Waals surface area contributed by atoms with Gasteiger partial charge in [-0.05, 0) is 42.7 Å². The molecule has 5 rings (SSSR count). The zero-order valence-electron chi connectivity index (χ0n) is 16.8. The van der Waals surface area contributed by atoms with Gasteiger partial charge in [-0.3, -0.25) is 9.78 Å². The summed E-state index contributed by atoms with van der Waals surface area (Å²) in [6.07, 6.45) is 5.66. The number of ketones is 1. The van der Waals surface area contributed by atoms with Gasteiger partial charge < -0.3 is 14.8 Å². The van der Waals surface area contributed by atoms with Gasteiger partial charge in [0.25, 0.3) is 0 Å². The van der Waals surface area contributed by atoms with Crippen molar-refractivity contribution in [2.75, 3.05) is 19.5 Å². The van der Waals surface area contributed by atoms with Crippen molar-refractivity contribution in [1.29, 1.82) is 0 Å². The average Bonchev–Trinajstić information content (AvgIpc) is 3.22. The maximum atomic E-state index is 12.9. The molecule has 8 heteroatoms. The Morgan fingerprint density at radius 1 is 1.07 bits per heavy atom. The molecule has 0 bridgehead atoms. The Morgan fingerprint density at radius 3 is 2.50 bits per heavy atom. The first-order valence-corrected chi connectivity index (χ1v) is 9.81. The molecule has 3 heterocycles. The van der Waals surface area contributed by atoms with Crippen LogP contribution in [0.5, 0.6) is 11.5 Å². The minimum absolute atomic E-state index is 0.149. The summed E-state index contributed by atoms with van der Waals surface area (Å²) in [5, 5.41) is 8.13. The Kier molecular flexibility index (Phi) is 4.46. The van der Waals surface area contributed by atoms with E-state index in [0.717, 1.165) is 35.2 Å². The fourth-order valence-corrected chi connectivity index (χ4v) is 4.07. The van der Waals surface area contributed by atoms with E-state index in [2.05, 4.69) is 10.3 Å². The zero-order chi connectivity index (χ0) is 20.7. The zero-order valence-corrected chi connectivity index (χ0v) is 16.8. The average molecular weight is 403 g/mol. The molecule has 0 radical (unpaired) electrons. The number of ether oxygens (including phenoxy) is 2. The summed E-state index contributed by atoms with van der Waals surface area (Å²) in [7, 11) is 3.21. The lowest BCUT2D eigenvalue weighted by Crippen LogP contribution is -2.31. The fraction of sp³-hybridized carbons (Fsp3) is 0.273. The standard InChI is InChI=1S/C22H21N5O3/c1-29-15-10-14(11-16(12-15)30-2)21-25-22-24-17-4-3-5-18(28)19(17)20(27(22)26-21)13-6-8-23-9-7-13/h6-12,20H,3-5H2,1-2H3,(H,24,25,26)/t20-/m1/s1. The number of nitrogens with zero attached hydrogens (tertiary/aromatic N) is 4. The summed E-state index contributed by atoms with van der Waals surface area (Å²) in [4.78, 5) is 21.7. The normalized spacial score (nSPS) is 17.8. The predicted octanol–water partition coefficient (Wildman–Crippen LogP) is 3.38. The van der Waals surface area contributed by atoms with Crippen LogP contribution in [0.3, 0.4) is 0 Å². The molecule has 1 aliphatic carbocycles. The molecule has 152 valence electrons. The van der Waals surface area contributed by atoms with Crippen LogP contribution < -0.4 is 14.8 Å². The van der Waals surface area contributed by atoms with Crippen LogP contribution in [0.1, 0.15) is 30.9 Å². The summed E-state index contributed by atoms with van der Waals surface area (Å²) in [6, 6.07) is 9.04. The second kappa shape index (κ2) is 7.29. The van der Waals surface area contributed by atoms with Crippen LogP contribution in [0, 0.1) is 0 Å². The summed E-state index contributed by atoms with van der Waals surface area (Å²) in [6.45, 7) is 0. The van der Waals surface area contributed by atoms with Crippen LogP contribution in [-0.4, -0.2) is 39.8 Å². The van der Waals surface area contributed by atoms with E-state index in [1.807, 2.05) is 24.3 Å². The number of carbonyl (C=O) groups excluding carboxylic acids is 1. The number of Topliss-reactive ketones (excluding diaryl/α,β-unsaturated/α-hetero) is 1. The Labute approximate surface area is 173 Å². The largest absolute Gasteiger partial charge is 0.497 e. The van der Waals surface area contributed by atoms with Crippen molar-refractivity contribution >= 4 is 11.7 Å². The van der Waals surface area contributed by atoms with Gasteiger partial charge in [-0.25, -0.2) is 4.68 Å². The van der Waals surface area contributed by atoms with Crippen LogP contribution in [0.25, 0.3) is 11.4 Å². The van der Waals surface area contributed by atoms with E-state index in [1.165, 1.54) is 0 Å². The Balaban J connectivity index is 1.66. The molecule has 1 aromatic carbocycles. The Morgan fingerprint density at radius 2 is 1.80 bits per heavy atom. The third-order valence-corrected chi connectivity index (χ3v) is 5.50. The number of hydrogen-bond donors (Lipinski definition) is 1. The van der Waals surface area contributed by atoms with Gasteiger partial charge in [-0.2, -0.15) is 4.98 Å². The highest BCUT2D eigenvalue weighted by Crippen LogP contribution is 2.40. The lowest BCUT2D eigenvalue weighted by molar-refractivity contribution is -0.116. The Hall–Kier alpha value is -3.68. The van der Waals surface area contributed by atoms with Crippen molar-refractivity contribution in [2.45, 2.75) is 25.3 Å². The first-order chi connectivity index (χ1) is 14.7.